The van der Waals surface area contributed by atoms with E-state index in [1.54, 1.807) is 7.11 Å². The van der Waals surface area contributed by atoms with E-state index in [-0.39, 0.29) is 0 Å². The molecule has 0 fully saturated rings. The summed E-state index contributed by atoms with van der Waals surface area (Å²) in [4.78, 5) is 2.83. The van der Waals surface area contributed by atoms with Crippen molar-refractivity contribution in [1.82, 2.24) is 4.90 Å². The molecule has 0 aliphatic rings. The lowest BCUT2D eigenvalue weighted by molar-refractivity contribution is 0.0659. The molecule has 96 valence electrons. The Bertz CT molecular complexity index is 179. The van der Waals surface area contributed by atoms with Gasteiger partial charge in [0.2, 0.25) is 0 Å². The molecule has 4 nitrogen and oxygen atoms in total. The van der Waals surface area contributed by atoms with Crippen LogP contribution in [0.25, 0.3) is 0 Å². The van der Waals surface area contributed by atoms with E-state index in [9.17, 15) is 0 Å². The molecule has 0 aromatic heterocycles. The normalized spacial score (nSPS) is 10.9. The molecular formula is C11H24N2O2S. The number of thiocarbonyl (C=S) groups is 1. The van der Waals surface area contributed by atoms with Crippen LogP contribution < -0.4 is 5.73 Å². The average molecular weight is 248 g/mol. The summed E-state index contributed by atoms with van der Waals surface area (Å²) < 4.78 is 10.3. The Labute approximate surface area is 104 Å². The van der Waals surface area contributed by atoms with E-state index in [1.165, 1.54) is 0 Å². The first kappa shape index (κ1) is 15.8. The number of hydrogen-bond acceptors (Lipinski definition) is 4. The molecule has 0 atom stereocenters. The molecule has 0 amide bonds. The molecule has 0 aromatic rings. The van der Waals surface area contributed by atoms with Crippen LogP contribution >= 0.6 is 12.2 Å². The zero-order chi connectivity index (χ0) is 12.2. The van der Waals surface area contributed by atoms with Gasteiger partial charge in [0.05, 0.1) is 18.2 Å². The first-order chi connectivity index (χ1) is 7.70. The van der Waals surface area contributed by atoms with Gasteiger partial charge in [0.1, 0.15) is 0 Å². The zero-order valence-electron chi connectivity index (χ0n) is 10.4. The smallest absolute Gasteiger partial charge is 0.0870 e. The third kappa shape index (κ3) is 10.3. The van der Waals surface area contributed by atoms with Crippen LogP contribution in [0.3, 0.4) is 0 Å². The molecule has 0 aliphatic carbocycles. The number of hydrogen-bond donors (Lipinski definition) is 1. The number of rotatable bonds is 11. The summed E-state index contributed by atoms with van der Waals surface area (Å²) in [6, 6.07) is 0. The van der Waals surface area contributed by atoms with Gasteiger partial charge in [0.25, 0.3) is 0 Å². The fourth-order valence-corrected chi connectivity index (χ4v) is 1.62. The van der Waals surface area contributed by atoms with Gasteiger partial charge in [0.15, 0.2) is 0 Å². The molecule has 0 saturated heterocycles. The van der Waals surface area contributed by atoms with Crippen molar-refractivity contribution in [2.75, 3.05) is 46.6 Å². The van der Waals surface area contributed by atoms with Crippen molar-refractivity contribution >= 4 is 17.2 Å². The highest BCUT2D eigenvalue weighted by Gasteiger charge is 2.04. The fraction of sp³-hybridized carbons (Fsp3) is 0.909. The quantitative estimate of drug-likeness (QED) is 0.437. The van der Waals surface area contributed by atoms with Gasteiger partial charge < -0.3 is 15.2 Å². The second-order valence-electron chi connectivity index (χ2n) is 3.70. The predicted molar refractivity (Wildman–Crippen MR) is 70.8 cm³/mol. The van der Waals surface area contributed by atoms with E-state index in [1.807, 2.05) is 0 Å². The highest BCUT2D eigenvalue weighted by atomic mass is 32.1. The van der Waals surface area contributed by atoms with Gasteiger partial charge in [-0.3, -0.25) is 4.90 Å². The summed E-state index contributed by atoms with van der Waals surface area (Å²) in [6.07, 6.45) is 2.12. The van der Waals surface area contributed by atoms with E-state index in [2.05, 4.69) is 11.8 Å². The minimum absolute atomic E-state index is 0.564. The molecule has 2 N–H and O–H groups in total. The summed E-state index contributed by atoms with van der Waals surface area (Å²) in [6.45, 7) is 6.97. The van der Waals surface area contributed by atoms with Crippen LogP contribution in [0, 0.1) is 0 Å². The second-order valence-corrected chi connectivity index (χ2v) is 4.23. The van der Waals surface area contributed by atoms with E-state index in [0.29, 0.717) is 24.7 Å². The van der Waals surface area contributed by atoms with Crippen LogP contribution in [-0.4, -0.2) is 56.5 Å². The third-order valence-corrected chi connectivity index (χ3v) is 2.24. The molecule has 0 aliphatic heterocycles. The van der Waals surface area contributed by atoms with Crippen LogP contribution in [0.1, 0.15) is 19.8 Å². The molecular weight excluding hydrogens is 224 g/mol. The van der Waals surface area contributed by atoms with Crippen molar-refractivity contribution in [3.63, 3.8) is 0 Å². The van der Waals surface area contributed by atoms with Gasteiger partial charge in [0, 0.05) is 26.8 Å². The topological polar surface area (TPSA) is 47.7 Å². The summed E-state index contributed by atoms with van der Waals surface area (Å²) in [5.41, 5.74) is 5.54. The summed E-state index contributed by atoms with van der Waals surface area (Å²) >= 11 is 4.91. The first-order valence-corrected chi connectivity index (χ1v) is 6.18. The largest absolute Gasteiger partial charge is 0.392 e. The van der Waals surface area contributed by atoms with Crippen LogP contribution in [0.4, 0.5) is 0 Å². The molecule has 5 heteroatoms. The van der Waals surface area contributed by atoms with Gasteiger partial charge in [-0.15, -0.1) is 0 Å². The first-order valence-electron chi connectivity index (χ1n) is 5.78. The second kappa shape index (κ2) is 11.3. The van der Waals surface area contributed by atoms with Crippen molar-refractivity contribution in [3.8, 4) is 0 Å². The molecule has 16 heavy (non-hydrogen) atoms. The Kier molecular flexibility index (Phi) is 11.1. The standard InChI is InChI=1S/C11H24N2O2S/c1-3-5-13(10-11(12)16)6-4-7-15-9-8-14-2/h3-10H2,1-2H3,(H2,12,16). The van der Waals surface area contributed by atoms with Crippen LogP contribution in [0.5, 0.6) is 0 Å². The Morgan fingerprint density at radius 2 is 2.00 bits per heavy atom. The van der Waals surface area contributed by atoms with Crippen molar-refractivity contribution in [2.24, 2.45) is 5.73 Å². The van der Waals surface area contributed by atoms with Crippen LogP contribution in [0.2, 0.25) is 0 Å². The van der Waals surface area contributed by atoms with Crippen LogP contribution in [0.15, 0.2) is 0 Å². The molecule has 0 saturated carbocycles. The third-order valence-electron chi connectivity index (χ3n) is 2.11. The van der Waals surface area contributed by atoms with E-state index >= 15 is 0 Å². The predicted octanol–water partition coefficient (Wildman–Crippen LogP) is 1.04. The number of ether oxygens (including phenoxy) is 2. The lowest BCUT2D eigenvalue weighted by atomic mass is 10.3. The van der Waals surface area contributed by atoms with E-state index in [0.717, 1.165) is 32.5 Å². The van der Waals surface area contributed by atoms with Gasteiger partial charge >= 0.3 is 0 Å². The highest BCUT2D eigenvalue weighted by molar-refractivity contribution is 7.80. The molecule has 0 unspecified atom stereocenters. The molecule has 0 aromatic carbocycles. The maximum Gasteiger partial charge on any atom is 0.0870 e. The Balaban J connectivity index is 3.47. The molecule has 0 radical (unpaired) electrons. The summed E-state index contributed by atoms with van der Waals surface area (Å²) in [5.74, 6) is 0. The Hall–Kier alpha value is -0.230. The zero-order valence-corrected chi connectivity index (χ0v) is 11.2. The van der Waals surface area contributed by atoms with E-state index < -0.39 is 0 Å². The van der Waals surface area contributed by atoms with Crippen LogP contribution in [-0.2, 0) is 9.47 Å². The number of nitrogens with zero attached hydrogens (tertiary/aromatic N) is 1. The maximum atomic E-state index is 5.54. The lowest BCUT2D eigenvalue weighted by Crippen LogP contribution is -2.34. The maximum absolute atomic E-state index is 5.54. The van der Waals surface area contributed by atoms with Gasteiger partial charge in [-0.25, -0.2) is 0 Å². The fourth-order valence-electron chi connectivity index (χ4n) is 1.44. The van der Waals surface area contributed by atoms with Crippen molar-refractivity contribution < 1.29 is 9.47 Å². The minimum atomic E-state index is 0.564. The van der Waals surface area contributed by atoms with Gasteiger partial charge in [-0.2, -0.15) is 0 Å². The SMILES string of the molecule is CCCN(CCCOCCOC)CC(N)=S. The molecule has 0 heterocycles. The minimum Gasteiger partial charge on any atom is -0.392 e. The Morgan fingerprint density at radius 1 is 1.25 bits per heavy atom. The number of nitrogens with two attached hydrogens (primary N) is 1. The molecule has 0 rings (SSSR count). The highest BCUT2D eigenvalue weighted by Crippen LogP contribution is 1.95. The lowest BCUT2D eigenvalue weighted by Gasteiger charge is -2.20. The summed E-state index contributed by atoms with van der Waals surface area (Å²) in [7, 11) is 1.68. The van der Waals surface area contributed by atoms with E-state index in [4.69, 9.17) is 27.4 Å². The Morgan fingerprint density at radius 3 is 2.56 bits per heavy atom. The van der Waals surface area contributed by atoms with Crippen molar-refractivity contribution in [3.05, 3.63) is 0 Å². The monoisotopic (exact) mass is 248 g/mol. The molecule has 0 bridgehead atoms. The number of methoxy groups -OCH3 is 1. The van der Waals surface area contributed by atoms with Crippen molar-refractivity contribution in [1.29, 1.82) is 0 Å². The van der Waals surface area contributed by atoms with Gasteiger partial charge in [-0.1, -0.05) is 19.1 Å². The summed E-state index contributed by atoms with van der Waals surface area (Å²) in [5, 5.41) is 0. The molecule has 0 spiro atoms. The average Bonchev–Trinajstić information content (AvgIpc) is 2.22. The van der Waals surface area contributed by atoms with Crippen molar-refractivity contribution in [2.45, 2.75) is 19.8 Å². The van der Waals surface area contributed by atoms with Gasteiger partial charge in [-0.05, 0) is 19.4 Å².